The van der Waals surface area contributed by atoms with E-state index in [-0.39, 0.29) is 5.75 Å². The molecule has 0 aromatic heterocycles. The molecular formula is C12H17F2NO2. The van der Waals surface area contributed by atoms with Crippen LogP contribution in [0.1, 0.15) is 31.4 Å². The van der Waals surface area contributed by atoms with Crippen molar-refractivity contribution in [3.8, 4) is 5.75 Å². The molecule has 1 rings (SSSR count). The molecule has 5 heteroatoms. The Bertz CT molecular complexity index is 330. The summed E-state index contributed by atoms with van der Waals surface area (Å²) in [6.45, 7) is -0.879. The van der Waals surface area contributed by atoms with Gasteiger partial charge in [-0.1, -0.05) is 25.5 Å². The zero-order valence-corrected chi connectivity index (χ0v) is 9.64. The summed E-state index contributed by atoms with van der Waals surface area (Å²) in [6.07, 6.45) is 0.819. The van der Waals surface area contributed by atoms with E-state index in [1.54, 1.807) is 12.1 Å². The molecule has 2 atom stereocenters. The van der Waals surface area contributed by atoms with E-state index in [1.807, 2.05) is 6.92 Å². The molecule has 0 aliphatic rings. The number of alkyl halides is 2. The van der Waals surface area contributed by atoms with E-state index in [0.717, 1.165) is 6.42 Å². The first-order chi connectivity index (χ1) is 8.04. The Kier molecular flexibility index (Phi) is 5.31. The number of rotatable bonds is 6. The van der Waals surface area contributed by atoms with Crippen molar-refractivity contribution in [1.82, 2.24) is 0 Å². The Morgan fingerprint density at radius 2 is 1.88 bits per heavy atom. The highest BCUT2D eigenvalue weighted by molar-refractivity contribution is 5.29. The number of halogens is 2. The normalized spacial score (nSPS) is 14.7. The summed E-state index contributed by atoms with van der Waals surface area (Å²) in [5.74, 6) is 0.0842. The van der Waals surface area contributed by atoms with E-state index in [4.69, 9.17) is 5.73 Å². The molecule has 0 heterocycles. The van der Waals surface area contributed by atoms with Crippen molar-refractivity contribution in [3.63, 3.8) is 0 Å². The van der Waals surface area contributed by atoms with Gasteiger partial charge in [0.15, 0.2) is 0 Å². The quantitative estimate of drug-likeness (QED) is 0.809. The van der Waals surface area contributed by atoms with Crippen LogP contribution in [0.4, 0.5) is 8.78 Å². The maximum absolute atomic E-state index is 11.9. The van der Waals surface area contributed by atoms with Crippen molar-refractivity contribution in [3.05, 3.63) is 29.8 Å². The lowest BCUT2D eigenvalue weighted by atomic mass is 9.99. The van der Waals surface area contributed by atoms with Gasteiger partial charge in [-0.25, -0.2) is 0 Å². The predicted octanol–water partition coefficient (Wildman–Crippen LogP) is 2.45. The summed E-state index contributed by atoms with van der Waals surface area (Å²) >= 11 is 0. The van der Waals surface area contributed by atoms with E-state index < -0.39 is 18.8 Å². The minimum absolute atomic E-state index is 0.0842. The van der Waals surface area contributed by atoms with Crippen molar-refractivity contribution in [2.24, 2.45) is 5.73 Å². The average molecular weight is 245 g/mol. The van der Waals surface area contributed by atoms with E-state index in [9.17, 15) is 13.9 Å². The fourth-order valence-corrected chi connectivity index (χ4v) is 1.57. The number of benzene rings is 1. The van der Waals surface area contributed by atoms with E-state index in [0.29, 0.717) is 12.0 Å². The first-order valence-corrected chi connectivity index (χ1v) is 5.53. The minimum atomic E-state index is -2.83. The number of ether oxygens (including phenoxy) is 1. The highest BCUT2D eigenvalue weighted by Gasteiger charge is 2.16. The van der Waals surface area contributed by atoms with Crippen molar-refractivity contribution >= 4 is 0 Å². The van der Waals surface area contributed by atoms with Crippen LogP contribution in [0.15, 0.2) is 24.3 Å². The van der Waals surface area contributed by atoms with Crippen LogP contribution in [0.2, 0.25) is 0 Å². The van der Waals surface area contributed by atoms with Crippen LogP contribution in [0.3, 0.4) is 0 Å². The summed E-state index contributed by atoms with van der Waals surface area (Å²) < 4.78 is 28.1. The van der Waals surface area contributed by atoms with Crippen LogP contribution in [0, 0.1) is 0 Å². The topological polar surface area (TPSA) is 55.5 Å². The Labute approximate surface area is 99.2 Å². The van der Waals surface area contributed by atoms with Crippen molar-refractivity contribution < 1.29 is 18.6 Å². The second kappa shape index (κ2) is 6.51. The Morgan fingerprint density at radius 3 is 2.35 bits per heavy atom. The molecular weight excluding hydrogens is 228 g/mol. The van der Waals surface area contributed by atoms with Crippen LogP contribution < -0.4 is 10.5 Å². The smallest absolute Gasteiger partial charge is 0.387 e. The van der Waals surface area contributed by atoms with E-state index in [1.165, 1.54) is 12.1 Å². The molecule has 0 saturated carbocycles. The first kappa shape index (κ1) is 13.9. The van der Waals surface area contributed by atoms with Gasteiger partial charge in [0.05, 0.1) is 12.1 Å². The van der Waals surface area contributed by atoms with Crippen molar-refractivity contribution in [1.29, 1.82) is 0 Å². The molecule has 0 unspecified atom stereocenters. The van der Waals surface area contributed by atoms with Gasteiger partial charge < -0.3 is 15.6 Å². The summed E-state index contributed by atoms with van der Waals surface area (Å²) in [5, 5.41) is 9.71. The lowest BCUT2D eigenvalue weighted by Crippen LogP contribution is -2.25. The SMILES string of the molecule is CCC[C@@H](O)[C@@H](N)c1ccc(OC(F)F)cc1. The van der Waals surface area contributed by atoms with Gasteiger partial charge in [0.25, 0.3) is 0 Å². The second-order valence-corrected chi connectivity index (χ2v) is 3.83. The molecule has 3 nitrogen and oxygen atoms in total. The summed E-state index contributed by atoms with van der Waals surface area (Å²) in [5.41, 5.74) is 6.54. The Morgan fingerprint density at radius 1 is 1.29 bits per heavy atom. The van der Waals surface area contributed by atoms with Crippen molar-refractivity contribution in [2.45, 2.75) is 38.5 Å². The number of hydrogen-bond acceptors (Lipinski definition) is 3. The third kappa shape index (κ3) is 4.28. The zero-order valence-electron chi connectivity index (χ0n) is 9.64. The molecule has 17 heavy (non-hydrogen) atoms. The van der Waals surface area contributed by atoms with E-state index in [2.05, 4.69) is 4.74 Å². The van der Waals surface area contributed by atoms with Gasteiger partial charge in [-0.15, -0.1) is 0 Å². The van der Waals surface area contributed by atoms with Crippen LogP contribution in [-0.4, -0.2) is 17.8 Å². The average Bonchev–Trinajstić information content (AvgIpc) is 2.28. The molecule has 0 amide bonds. The van der Waals surface area contributed by atoms with Gasteiger partial charge in [0.2, 0.25) is 0 Å². The highest BCUT2D eigenvalue weighted by atomic mass is 19.3. The third-order valence-electron chi connectivity index (χ3n) is 2.49. The van der Waals surface area contributed by atoms with E-state index >= 15 is 0 Å². The lowest BCUT2D eigenvalue weighted by Gasteiger charge is -2.18. The minimum Gasteiger partial charge on any atom is -0.435 e. The molecule has 0 spiro atoms. The summed E-state index contributed by atoms with van der Waals surface area (Å²) in [6, 6.07) is 5.50. The molecule has 0 radical (unpaired) electrons. The fraction of sp³-hybridized carbons (Fsp3) is 0.500. The summed E-state index contributed by atoms with van der Waals surface area (Å²) in [7, 11) is 0. The number of aliphatic hydroxyl groups excluding tert-OH is 1. The van der Waals surface area contributed by atoms with Gasteiger partial charge in [0, 0.05) is 0 Å². The lowest BCUT2D eigenvalue weighted by molar-refractivity contribution is -0.0498. The third-order valence-corrected chi connectivity index (χ3v) is 2.49. The Balaban J connectivity index is 2.66. The largest absolute Gasteiger partial charge is 0.435 e. The van der Waals surface area contributed by atoms with Crippen LogP contribution in [0.25, 0.3) is 0 Å². The van der Waals surface area contributed by atoms with Crippen LogP contribution in [-0.2, 0) is 0 Å². The maximum atomic E-state index is 11.9. The predicted molar refractivity (Wildman–Crippen MR) is 60.9 cm³/mol. The molecule has 1 aromatic carbocycles. The van der Waals surface area contributed by atoms with Gasteiger partial charge in [-0.3, -0.25) is 0 Å². The van der Waals surface area contributed by atoms with Gasteiger partial charge >= 0.3 is 6.61 Å². The first-order valence-electron chi connectivity index (χ1n) is 5.53. The zero-order chi connectivity index (χ0) is 12.8. The fourth-order valence-electron chi connectivity index (χ4n) is 1.57. The molecule has 0 saturated heterocycles. The Hall–Kier alpha value is -1.20. The molecule has 0 aliphatic carbocycles. The van der Waals surface area contributed by atoms with Gasteiger partial charge in [-0.05, 0) is 24.1 Å². The summed E-state index contributed by atoms with van der Waals surface area (Å²) in [4.78, 5) is 0. The molecule has 1 aromatic rings. The molecule has 0 bridgehead atoms. The molecule has 0 fully saturated rings. The van der Waals surface area contributed by atoms with Gasteiger partial charge in [-0.2, -0.15) is 8.78 Å². The van der Waals surface area contributed by atoms with Crippen molar-refractivity contribution in [2.75, 3.05) is 0 Å². The van der Waals surface area contributed by atoms with Crippen LogP contribution >= 0.6 is 0 Å². The monoisotopic (exact) mass is 245 g/mol. The maximum Gasteiger partial charge on any atom is 0.387 e. The molecule has 0 aliphatic heterocycles. The number of aliphatic hydroxyl groups is 1. The second-order valence-electron chi connectivity index (χ2n) is 3.83. The molecule has 3 N–H and O–H groups in total. The number of nitrogens with two attached hydrogens (primary N) is 1. The standard InChI is InChI=1S/C12H17F2NO2/c1-2-3-10(16)11(15)8-4-6-9(7-5-8)17-12(13)14/h4-7,10-12,16H,2-3,15H2,1H3/t10-,11+/m1/s1. The van der Waals surface area contributed by atoms with Gasteiger partial charge in [0.1, 0.15) is 5.75 Å². The molecule has 96 valence electrons. The highest BCUT2D eigenvalue weighted by Crippen LogP contribution is 2.21. The number of hydrogen-bond donors (Lipinski definition) is 2. The van der Waals surface area contributed by atoms with Crippen LogP contribution in [0.5, 0.6) is 5.75 Å².